The van der Waals surface area contributed by atoms with Gasteiger partial charge >= 0.3 is 0 Å². The van der Waals surface area contributed by atoms with Crippen LogP contribution in [-0.2, 0) is 0 Å². The molecule has 1 aliphatic rings. The molecule has 0 atom stereocenters. The van der Waals surface area contributed by atoms with Crippen LogP contribution in [0.15, 0.2) is 18.2 Å². The predicted molar refractivity (Wildman–Crippen MR) is 56.2 cm³/mol. The third-order valence-electron chi connectivity index (χ3n) is 2.94. The summed E-state index contributed by atoms with van der Waals surface area (Å²) in [6.45, 7) is 2.26. The van der Waals surface area contributed by atoms with E-state index in [2.05, 4.69) is 11.9 Å². The minimum atomic E-state index is -0.475. The Morgan fingerprint density at radius 2 is 2.00 bits per heavy atom. The molecule has 0 saturated heterocycles. The third-order valence-corrected chi connectivity index (χ3v) is 2.94. The fraction of sp³-hybridized carbons (Fsp3) is 0.583. The molecule has 1 fully saturated rings. The SMILES string of the molecule is C[C@H]1CC[C@H](Oc2cccc(F)n2)CC1. The maximum Gasteiger partial charge on any atom is 0.216 e. The molecule has 1 aromatic heterocycles. The van der Waals surface area contributed by atoms with Gasteiger partial charge in [0.25, 0.3) is 0 Å². The lowest BCUT2D eigenvalue weighted by atomic mass is 9.89. The van der Waals surface area contributed by atoms with Gasteiger partial charge in [-0.1, -0.05) is 13.0 Å². The lowest BCUT2D eigenvalue weighted by Crippen LogP contribution is -2.23. The number of ether oxygens (including phenoxy) is 1. The molecule has 1 saturated carbocycles. The number of hydrogen-bond acceptors (Lipinski definition) is 2. The van der Waals surface area contributed by atoms with Gasteiger partial charge in [0.1, 0.15) is 6.10 Å². The molecule has 3 heteroatoms. The van der Waals surface area contributed by atoms with Crippen LogP contribution in [0.25, 0.3) is 0 Å². The molecule has 0 bridgehead atoms. The first-order chi connectivity index (χ1) is 7.24. The number of halogens is 1. The second-order valence-electron chi connectivity index (χ2n) is 4.30. The average molecular weight is 209 g/mol. The Bertz CT molecular complexity index is 321. The molecular weight excluding hydrogens is 193 g/mol. The molecule has 0 spiro atoms. The summed E-state index contributed by atoms with van der Waals surface area (Å²) in [6.07, 6.45) is 4.72. The monoisotopic (exact) mass is 209 g/mol. The first kappa shape index (κ1) is 10.4. The first-order valence-electron chi connectivity index (χ1n) is 5.53. The molecule has 2 nitrogen and oxygen atoms in total. The van der Waals surface area contributed by atoms with Crippen molar-refractivity contribution in [2.75, 3.05) is 0 Å². The van der Waals surface area contributed by atoms with Crippen LogP contribution < -0.4 is 4.74 Å². The summed E-state index contributed by atoms with van der Waals surface area (Å²) in [5, 5.41) is 0. The molecule has 0 amide bonds. The minimum Gasteiger partial charge on any atom is -0.474 e. The lowest BCUT2D eigenvalue weighted by molar-refractivity contribution is 0.129. The summed E-state index contributed by atoms with van der Waals surface area (Å²) in [6, 6.07) is 4.67. The highest BCUT2D eigenvalue weighted by Gasteiger charge is 2.19. The zero-order valence-corrected chi connectivity index (χ0v) is 8.95. The Hall–Kier alpha value is -1.12. The second kappa shape index (κ2) is 4.60. The van der Waals surface area contributed by atoms with Crippen LogP contribution in [0.2, 0.25) is 0 Å². The van der Waals surface area contributed by atoms with Crippen molar-refractivity contribution in [2.24, 2.45) is 5.92 Å². The summed E-state index contributed by atoms with van der Waals surface area (Å²) in [5.74, 6) is 0.733. The van der Waals surface area contributed by atoms with Crippen molar-refractivity contribution in [3.8, 4) is 5.88 Å². The van der Waals surface area contributed by atoms with E-state index in [1.165, 1.54) is 18.9 Å². The molecule has 0 N–H and O–H groups in total. The molecule has 0 aliphatic heterocycles. The number of hydrogen-bond donors (Lipinski definition) is 0. The van der Waals surface area contributed by atoms with E-state index >= 15 is 0 Å². The van der Waals surface area contributed by atoms with E-state index in [9.17, 15) is 4.39 Å². The summed E-state index contributed by atoms with van der Waals surface area (Å²) >= 11 is 0. The number of nitrogens with zero attached hydrogens (tertiary/aromatic N) is 1. The summed E-state index contributed by atoms with van der Waals surface area (Å²) in [4.78, 5) is 3.70. The summed E-state index contributed by atoms with van der Waals surface area (Å²) < 4.78 is 18.4. The Balaban J connectivity index is 1.92. The summed E-state index contributed by atoms with van der Waals surface area (Å²) in [7, 11) is 0. The van der Waals surface area contributed by atoms with Crippen molar-refractivity contribution < 1.29 is 9.13 Å². The van der Waals surface area contributed by atoms with Gasteiger partial charge in [-0.05, 0) is 37.7 Å². The van der Waals surface area contributed by atoms with Crippen LogP contribution in [0.5, 0.6) is 5.88 Å². The fourth-order valence-electron chi connectivity index (χ4n) is 1.97. The first-order valence-corrected chi connectivity index (χ1v) is 5.53. The zero-order chi connectivity index (χ0) is 10.7. The highest BCUT2D eigenvalue weighted by Crippen LogP contribution is 2.26. The van der Waals surface area contributed by atoms with Crippen LogP contribution in [0, 0.1) is 11.9 Å². The fourth-order valence-corrected chi connectivity index (χ4v) is 1.97. The van der Waals surface area contributed by atoms with Gasteiger partial charge in [-0.15, -0.1) is 0 Å². The molecule has 1 heterocycles. The Labute approximate surface area is 89.5 Å². The standard InChI is InChI=1S/C12H16FNO/c1-9-5-7-10(8-6-9)15-12-4-2-3-11(13)14-12/h2-4,9-10H,5-8H2,1H3/t9-,10-. The zero-order valence-electron chi connectivity index (χ0n) is 8.95. The van der Waals surface area contributed by atoms with Gasteiger partial charge in [-0.3, -0.25) is 0 Å². The van der Waals surface area contributed by atoms with Gasteiger partial charge in [-0.25, -0.2) is 0 Å². The van der Waals surface area contributed by atoms with Gasteiger partial charge in [0.15, 0.2) is 0 Å². The number of aromatic nitrogens is 1. The van der Waals surface area contributed by atoms with Gasteiger partial charge < -0.3 is 4.74 Å². The maximum absolute atomic E-state index is 12.8. The van der Waals surface area contributed by atoms with Gasteiger partial charge in [0.05, 0.1) is 0 Å². The van der Waals surface area contributed by atoms with E-state index in [0.29, 0.717) is 5.88 Å². The van der Waals surface area contributed by atoms with Crippen LogP contribution in [0.1, 0.15) is 32.6 Å². The van der Waals surface area contributed by atoms with E-state index in [1.807, 2.05) is 0 Å². The highest BCUT2D eigenvalue weighted by atomic mass is 19.1. The smallest absolute Gasteiger partial charge is 0.216 e. The van der Waals surface area contributed by atoms with Crippen molar-refractivity contribution in [1.82, 2.24) is 4.98 Å². The van der Waals surface area contributed by atoms with E-state index in [1.54, 1.807) is 12.1 Å². The topological polar surface area (TPSA) is 22.1 Å². The van der Waals surface area contributed by atoms with Crippen molar-refractivity contribution in [3.05, 3.63) is 24.1 Å². The molecule has 2 rings (SSSR count). The number of pyridine rings is 1. The highest BCUT2D eigenvalue weighted by molar-refractivity contribution is 5.10. The van der Waals surface area contributed by atoms with E-state index in [0.717, 1.165) is 18.8 Å². The minimum absolute atomic E-state index is 0.218. The molecule has 1 aliphatic carbocycles. The molecule has 15 heavy (non-hydrogen) atoms. The van der Waals surface area contributed by atoms with Gasteiger partial charge in [0.2, 0.25) is 11.8 Å². The van der Waals surface area contributed by atoms with E-state index in [4.69, 9.17) is 4.74 Å². The van der Waals surface area contributed by atoms with Crippen molar-refractivity contribution >= 4 is 0 Å². The molecule has 0 aromatic carbocycles. The van der Waals surface area contributed by atoms with Gasteiger partial charge in [0, 0.05) is 6.07 Å². The van der Waals surface area contributed by atoms with Crippen LogP contribution in [0.4, 0.5) is 4.39 Å². The number of rotatable bonds is 2. The van der Waals surface area contributed by atoms with E-state index < -0.39 is 5.95 Å². The maximum atomic E-state index is 12.8. The van der Waals surface area contributed by atoms with E-state index in [-0.39, 0.29) is 6.10 Å². The van der Waals surface area contributed by atoms with Crippen molar-refractivity contribution in [1.29, 1.82) is 0 Å². The molecule has 82 valence electrons. The van der Waals surface area contributed by atoms with Crippen LogP contribution >= 0.6 is 0 Å². The molecule has 0 radical (unpaired) electrons. The largest absolute Gasteiger partial charge is 0.474 e. The average Bonchev–Trinajstić information content (AvgIpc) is 2.22. The molecule has 1 aromatic rings. The van der Waals surface area contributed by atoms with Crippen molar-refractivity contribution in [2.45, 2.75) is 38.7 Å². The van der Waals surface area contributed by atoms with Gasteiger partial charge in [-0.2, -0.15) is 9.37 Å². The van der Waals surface area contributed by atoms with Crippen LogP contribution in [-0.4, -0.2) is 11.1 Å². The van der Waals surface area contributed by atoms with Crippen molar-refractivity contribution in [3.63, 3.8) is 0 Å². The Morgan fingerprint density at radius 3 is 2.67 bits per heavy atom. The predicted octanol–water partition coefficient (Wildman–Crippen LogP) is 3.18. The second-order valence-corrected chi connectivity index (χ2v) is 4.30. The Kier molecular flexibility index (Phi) is 3.19. The quantitative estimate of drug-likeness (QED) is 0.698. The molecular formula is C12H16FNO. The normalized spacial score (nSPS) is 26.3. The lowest BCUT2D eigenvalue weighted by Gasteiger charge is -2.26. The Morgan fingerprint density at radius 1 is 1.27 bits per heavy atom. The third kappa shape index (κ3) is 2.91. The molecule has 0 unspecified atom stereocenters. The van der Waals surface area contributed by atoms with Crippen LogP contribution in [0.3, 0.4) is 0 Å². The summed E-state index contributed by atoms with van der Waals surface area (Å²) in [5.41, 5.74) is 0.